The van der Waals surface area contributed by atoms with Crippen LogP contribution in [-0.4, -0.2) is 25.4 Å². The van der Waals surface area contributed by atoms with Crippen LogP contribution in [0.15, 0.2) is 18.2 Å². The molecule has 1 aliphatic rings. The molecule has 0 bridgehead atoms. The molecule has 1 fully saturated rings. The number of benzene rings is 1. The number of hydrogen-bond acceptors (Lipinski definition) is 3. The molecule has 1 atom stereocenters. The standard InChI is InChI=1S/C14H20O3/c1-10-9-12(16-2)3-4-13(10)14(15)11-5-7-17-8-6-11/h3-4,9,11,14-15H,5-8H2,1-2H3. The van der Waals surface area contributed by atoms with E-state index in [1.54, 1.807) is 7.11 Å². The van der Waals surface area contributed by atoms with E-state index in [2.05, 4.69) is 0 Å². The van der Waals surface area contributed by atoms with Gasteiger partial charge in [0.2, 0.25) is 0 Å². The van der Waals surface area contributed by atoms with Crippen LogP contribution in [0.1, 0.15) is 30.1 Å². The van der Waals surface area contributed by atoms with E-state index < -0.39 is 0 Å². The lowest BCUT2D eigenvalue weighted by Gasteiger charge is -2.28. The zero-order valence-corrected chi connectivity index (χ0v) is 10.5. The summed E-state index contributed by atoms with van der Waals surface area (Å²) in [5.41, 5.74) is 2.10. The minimum atomic E-state index is -0.384. The molecule has 1 unspecified atom stereocenters. The summed E-state index contributed by atoms with van der Waals surface area (Å²) in [6, 6.07) is 5.84. The van der Waals surface area contributed by atoms with Gasteiger partial charge in [0.05, 0.1) is 13.2 Å². The molecule has 3 nitrogen and oxygen atoms in total. The van der Waals surface area contributed by atoms with Crippen LogP contribution in [0.5, 0.6) is 5.75 Å². The lowest BCUT2D eigenvalue weighted by atomic mass is 9.87. The van der Waals surface area contributed by atoms with E-state index >= 15 is 0 Å². The van der Waals surface area contributed by atoms with Gasteiger partial charge >= 0.3 is 0 Å². The van der Waals surface area contributed by atoms with Crippen molar-refractivity contribution in [1.82, 2.24) is 0 Å². The zero-order valence-electron chi connectivity index (χ0n) is 10.5. The van der Waals surface area contributed by atoms with Crippen LogP contribution in [0.25, 0.3) is 0 Å². The summed E-state index contributed by atoms with van der Waals surface area (Å²) in [7, 11) is 1.66. The Labute approximate surface area is 102 Å². The van der Waals surface area contributed by atoms with Gasteiger partial charge in [0.15, 0.2) is 0 Å². The Kier molecular flexibility index (Phi) is 4.02. The molecular weight excluding hydrogens is 216 g/mol. The summed E-state index contributed by atoms with van der Waals surface area (Å²) >= 11 is 0. The molecule has 0 aromatic heterocycles. The molecular formula is C14H20O3. The average molecular weight is 236 g/mol. The Bertz CT molecular complexity index is 370. The summed E-state index contributed by atoms with van der Waals surface area (Å²) in [6.45, 7) is 3.54. The van der Waals surface area contributed by atoms with Gasteiger partial charge in [-0.2, -0.15) is 0 Å². The van der Waals surface area contributed by atoms with Gasteiger partial charge in [-0.15, -0.1) is 0 Å². The van der Waals surface area contributed by atoms with Gasteiger partial charge in [0.1, 0.15) is 5.75 Å². The minimum Gasteiger partial charge on any atom is -0.497 e. The third kappa shape index (κ3) is 2.79. The Morgan fingerprint density at radius 1 is 1.35 bits per heavy atom. The lowest BCUT2D eigenvalue weighted by molar-refractivity contribution is 0.00694. The first kappa shape index (κ1) is 12.4. The van der Waals surface area contributed by atoms with Crippen LogP contribution < -0.4 is 4.74 Å². The minimum absolute atomic E-state index is 0.316. The first-order valence-electron chi connectivity index (χ1n) is 6.12. The fraction of sp³-hybridized carbons (Fsp3) is 0.571. The maximum atomic E-state index is 10.4. The SMILES string of the molecule is COc1ccc(C(O)C2CCOCC2)c(C)c1. The molecule has 1 aromatic carbocycles. The normalized spacial score (nSPS) is 19.0. The van der Waals surface area contributed by atoms with Gasteiger partial charge in [-0.05, 0) is 48.9 Å². The van der Waals surface area contributed by atoms with Crippen LogP contribution in [-0.2, 0) is 4.74 Å². The van der Waals surface area contributed by atoms with Gasteiger partial charge in [0, 0.05) is 13.2 Å². The highest BCUT2D eigenvalue weighted by molar-refractivity contribution is 5.36. The molecule has 1 N–H and O–H groups in total. The maximum absolute atomic E-state index is 10.4. The molecule has 3 heteroatoms. The van der Waals surface area contributed by atoms with Crippen molar-refractivity contribution in [3.05, 3.63) is 29.3 Å². The predicted molar refractivity (Wildman–Crippen MR) is 66.2 cm³/mol. The van der Waals surface area contributed by atoms with E-state index in [-0.39, 0.29) is 6.10 Å². The molecule has 0 spiro atoms. The second-order valence-corrected chi connectivity index (χ2v) is 4.62. The van der Waals surface area contributed by atoms with Crippen molar-refractivity contribution < 1.29 is 14.6 Å². The van der Waals surface area contributed by atoms with Gasteiger partial charge in [-0.25, -0.2) is 0 Å². The zero-order chi connectivity index (χ0) is 12.3. The average Bonchev–Trinajstić information content (AvgIpc) is 2.39. The maximum Gasteiger partial charge on any atom is 0.119 e. The van der Waals surface area contributed by atoms with Crippen LogP contribution in [0, 0.1) is 12.8 Å². The Hall–Kier alpha value is -1.06. The highest BCUT2D eigenvalue weighted by Gasteiger charge is 2.24. The van der Waals surface area contributed by atoms with Crippen LogP contribution >= 0.6 is 0 Å². The van der Waals surface area contributed by atoms with Crippen LogP contribution in [0.2, 0.25) is 0 Å². The van der Waals surface area contributed by atoms with Crippen molar-refractivity contribution in [3.63, 3.8) is 0 Å². The number of aryl methyl sites for hydroxylation is 1. The second-order valence-electron chi connectivity index (χ2n) is 4.62. The quantitative estimate of drug-likeness (QED) is 0.876. The summed E-state index contributed by atoms with van der Waals surface area (Å²) in [4.78, 5) is 0. The molecule has 0 aliphatic carbocycles. The fourth-order valence-corrected chi connectivity index (χ4v) is 2.39. The molecule has 2 rings (SSSR count). The van der Waals surface area contributed by atoms with Crippen molar-refractivity contribution in [2.75, 3.05) is 20.3 Å². The number of rotatable bonds is 3. The largest absolute Gasteiger partial charge is 0.497 e. The number of aliphatic hydroxyl groups excluding tert-OH is 1. The molecule has 17 heavy (non-hydrogen) atoms. The number of aliphatic hydroxyl groups is 1. The van der Waals surface area contributed by atoms with E-state index in [1.807, 2.05) is 25.1 Å². The first-order valence-corrected chi connectivity index (χ1v) is 6.12. The second kappa shape index (κ2) is 5.52. The van der Waals surface area contributed by atoms with Crippen LogP contribution in [0.4, 0.5) is 0 Å². The van der Waals surface area contributed by atoms with Crippen molar-refractivity contribution >= 4 is 0 Å². The molecule has 0 radical (unpaired) electrons. The molecule has 1 saturated heterocycles. The van der Waals surface area contributed by atoms with Gasteiger partial charge in [-0.1, -0.05) is 6.07 Å². The molecule has 1 heterocycles. The molecule has 0 amide bonds. The number of ether oxygens (including phenoxy) is 2. The van der Waals surface area contributed by atoms with E-state index in [4.69, 9.17) is 9.47 Å². The molecule has 0 saturated carbocycles. The third-order valence-corrected chi connectivity index (χ3v) is 3.51. The number of methoxy groups -OCH3 is 1. The van der Waals surface area contributed by atoms with Crippen molar-refractivity contribution in [2.24, 2.45) is 5.92 Å². The van der Waals surface area contributed by atoms with E-state index in [9.17, 15) is 5.11 Å². The summed E-state index contributed by atoms with van der Waals surface area (Å²) in [5, 5.41) is 10.4. The van der Waals surface area contributed by atoms with Crippen molar-refractivity contribution in [1.29, 1.82) is 0 Å². The summed E-state index contributed by atoms with van der Waals surface area (Å²) in [6.07, 6.45) is 1.49. The monoisotopic (exact) mass is 236 g/mol. The van der Waals surface area contributed by atoms with Gasteiger partial charge in [-0.3, -0.25) is 0 Å². The molecule has 1 aromatic rings. The summed E-state index contributed by atoms with van der Waals surface area (Å²) < 4.78 is 10.5. The lowest BCUT2D eigenvalue weighted by Crippen LogP contribution is -2.22. The predicted octanol–water partition coefficient (Wildman–Crippen LogP) is 2.46. The topological polar surface area (TPSA) is 38.7 Å². The van der Waals surface area contributed by atoms with Crippen molar-refractivity contribution in [2.45, 2.75) is 25.9 Å². The Balaban J connectivity index is 2.15. The summed E-state index contributed by atoms with van der Waals surface area (Å²) in [5.74, 6) is 1.15. The van der Waals surface area contributed by atoms with E-state index in [1.165, 1.54) is 0 Å². The number of hydrogen-bond donors (Lipinski definition) is 1. The fourth-order valence-electron chi connectivity index (χ4n) is 2.39. The third-order valence-electron chi connectivity index (χ3n) is 3.51. The smallest absolute Gasteiger partial charge is 0.119 e. The Morgan fingerprint density at radius 3 is 2.65 bits per heavy atom. The first-order chi connectivity index (χ1) is 8.22. The van der Waals surface area contributed by atoms with E-state index in [0.717, 1.165) is 42.9 Å². The Morgan fingerprint density at radius 2 is 2.06 bits per heavy atom. The van der Waals surface area contributed by atoms with Gasteiger partial charge < -0.3 is 14.6 Å². The van der Waals surface area contributed by atoms with Crippen molar-refractivity contribution in [3.8, 4) is 5.75 Å². The van der Waals surface area contributed by atoms with E-state index in [0.29, 0.717) is 5.92 Å². The molecule has 1 aliphatic heterocycles. The highest BCUT2D eigenvalue weighted by atomic mass is 16.5. The molecule has 94 valence electrons. The highest BCUT2D eigenvalue weighted by Crippen LogP contribution is 2.32. The van der Waals surface area contributed by atoms with Gasteiger partial charge in [0.25, 0.3) is 0 Å². The van der Waals surface area contributed by atoms with Crippen LogP contribution in [0.3, 0.4) is 0 Å².